The van der Waals surface area contributed by atoms with Crippen LogP contribution >= 0.6 is 7.60 Å². The molecule has 0 radical (unpaired) electrons. The van der Waals surface area contributed by atoms with E-state index in [0.717, 1.165) is 16.6 Å². The molecule has 0 aliphatic heterocycles. The number of hydrogen-bond acceptors (Lipinski definition) is 4. The van der Waals surface area contributed by atoms with Crippen molar-refractivity contribution in [2.24, 2.45) is 5.73 Å². The molecule has 1 amide bonds. The van der Waals surface area contributed by atoms with E-state index in [2.05, 4.69) is 9.97 Å². The fourth-order valence-corrected chi connectivity index (χ4v) is 4.71. The number of rotatable bonds is 6. The minimum Gasteiger partial charge on any atom is -0.364 e. The summed E-state index contributed by atoms with van der Waals surface area (Å²) in [6, 6.07) is 6.60. The summed E-state index contributed by atoms with van der Waals surface area (Å²) in [5, 5.41) is 0.0863. The number of hydrogen-bond donors (Lipinski definition) is 3. The van der Waals surface area contributed by atoms with Gasteiger partial charge < -0.3 is 20.1 Å². The first-order chi connectivity index (χ1) is 13.5. The summed E-state index contributed by atoms with van der Waals surface area (Å²) in [5.41, 5.74) is 9.19. The number of fused-ring (bicyclic) bond motifs is 1. The second-order valence-electron chi connectivity index (χ2n) is 7.70. The number of primary amides is 1. The summed E-state index contributed by atoms with van der Waals surface area (Å²) in [6.07, 6.45) is 1.64. The van der Waals surface area contributed by atoms with Crippen LogP contribution in [0, 0.1) is 0 Å². The molecule has 0 atom stereocenters. The van der Waals surface area contributed by atoms with Crippen molar-refractivity contribution in [3.05, 3.63) is 53.0 Å². The maximum atomic E-state index is 12.1. The van der Waals surface area contributed by atoms with E-state index < -0.39 is 13.5 Å². The second-order valence-corrected chi connectivity index (χ2v) is 9.27. The zero-order chi connectivity index (χ0) is 21.5. The maximum Gasteiger partial charge on any atom is 0.356 e. The van der Waals surface area contributed by atoms with E-state index in [1.54, 1.807) is 24.5 Å². The van der Waals surface area contributed by atoms with Gasteiger partial charge in [0.15, 0.2) is 5.65 Å². The number of carbonyl (C=O) groups excluding carboxylic acids is 1. The Morgan fingerprint density at radius 1 is 1.10 bits per heavy atom. The summed E-state index contributed by atoms with van der Waals surface area (Å²) < 4.78 is 14.0. The first kappa shape index (κ1) is 21.2. The number of pyridine rings is 1. The lowest BCUT2D eigenvalue weighted by molar-refractivity contribution is 0.0996. The Morgan fingerprint density at radius 2 is 1.76 bits per heavy atom. The molecule has 0 aliphatic rings. The van der Waals surface area contributed by atoms with Crippen LogP contribution in [0.1, 0.15) is 66.7 Å². The Hall–Kier alpha value is -2.54. The Balaban J connectivity index is 2.15. The highest BCUT2D eigenvalue weighted by molar-refractivity contribution is 7.60. The third kappa shape index (κ3) is 4.10. The largest absolute Gasteiger partial charge is 0.364 e. The average Bonchev–Trinajstić information content (AvgIpc) is 3.02. The van der Waals surface area contributed by atoms with E-state index in [1.165, 1.54) is 6.07 Å². The zero-order valence-corrected chi connectivity index (χ0v) is 17.7. The van der Waals surface area contributed by atoms with Crippen LogP contribution in [0.2, 0.25) is 0 Å². The van der Waals surface area contributed by atoms with Crippen molar-refractivity contribution in [3.63, 3.8) is 0 Å². The molecular formula is C20H25N4O4P. The van der Waals surface area contributed by atoms with Gasteiger partial charge in [-0.1, -0.05) is 33.8 Å². The van der Waals surface area contributed by atoms with E-state index in [-0.39, 0.29) is 22.8 Å². The van der Waals surface area contributed by atoms with E-state index in [9.17, 15) is 19.1 Å². The predicted octanol–water partition coefficient (Wildman–Crippen LogP) is 2.63. The molecule has 2 heterocycles. The minimum atomic E-state index is -4.39. The molecule has 0 unspecified atom stereocenters. The summed E-state index contributed by atoms with van der Waals surface area (Å²) in [7, 11) is -4.39. The molecule has 2 aromatic heterocycles. The number of nitrogens with zero attached hydrogens (tertiary/aromatic N) is 3. The number of aromatic nitrogens is 3. The number of amides is 1. The smallest absolute Gasteiger partial charge is 0.356 e. The Morgan fingerprint density at radius 3 is 2.31 bits per heavy atom. The SMILES string of the molecule is CC(C)c1c(Cn2cnc3nc(C(N)=O)ccc32)ccc(P(=O)(O)O)c1C(C)C. The third-order valence-corrected chi connectivity index (χ3v) is 5.92. The van der Waals surface area contributed by atoms with E-state index >= 15 is 0 Å². The molecule has 3 rings (SSSR count). The molecule has 4 N–H and O–H groups in total. The van der Waals surface area contributed by atoms with Gasteiger partial charge in [0.05, 0.1) is 17.1 Å². The van der Waals surface area contributed by atoms with Gasteiger partial charge in [-0.05, 0) is 46.7 Å². The standard InChI is InChI=1S/C20H25N4O4P/c1-11(2)17-13(5-8-16(29(26,27)28)18(17)12(3)4)9-24-10-22-20-15(24)7-6-14(23-20)19(21)25/h5-8,10-12H,9H2,1-4H3,(H2,21,25)(H2,26,27,28). The molecule has 8 nitrogen and oxygen atoms in total. The first-order valence-electron chi connectivity index (χ1n) is 9.34. The molecule has 0 saturated heterocycles. The highest BCUT2D eigenvalue weighted by Gasteiger charge is 2.27. The lowest BCUT2D eigenvalue weighted by atomic mass is 9.86. The quantitative estimate of drug-likeness (QED) is 0.530. The molecule has 29 heavy (non-hydrogen) atoms. The zero-order valence-electron chi connectivity index (χ0n) is 16.8. The highest BCUT2D eigenvalue weighted by Crippen LogP contribution is 2.40. The Kier molecular flexibility index (Phi) is 5.63. The molecule has 0 aliphatic carbocycles. The van der Waals surface area contributed by atoms with Crippen LogP contribution in [0.4, 0.5) is 0 Å². The average molecular weight is 416 g/mol. The number of benzene rings is 1. The van der Waals surface area contributed by atoms with Crippen molar-refractivity contribution < 1.29 is 19.1 Å². The molecule has 0 fully saturated rings. The van der Waals surface area contributed by atoms with Crippen molar-refractivity contribution in [2.75, 3.05) is 0 Å². The third-order valence-electron chi connectivity index (χ3n) is 4.90. The summed E-state index contributed by atoms with van der Waals surface area (Å²) in [5.74, 6) is -0.587. The fourth-order valence-electron chi connectivity index (χ4n) is 3.74. The molecule has 3 aromatic rings. The van der Waals surface area contributed by atoms with Crippen LogP contribution in [-0.4, -0.2) is 30.2 Å². The minimum absolute atomic E-state index is 0.0469. The summed E-state index contributed by atoms with van der Waals surface area (Å²) in [4.78, 5) is 39.5. The molecular weight excluding hydrogens is 391 g/mol. The van der Waals surface area contributed by atoms with Gasteiger partial charge in [-0.2, -0.15) is 0 Å². The van der Waals surface area contributed by atoms with E-state index in [1.807, 2.05) is 32.3 Å². The molecule has 154 valence electrons. The molecule has 0 saturated carbocycles. The van der Waals surface area contributed by atoms with Crippen LogP contribution in [0.15, 0.2) is 30.6 Å². The second kappa shape index (κ2) is 7.71. The van der Waals surface area contributed by atoms with Crippen LogP contribution < -0.4 is 11.0 Å². The van der Waals surface area contributed by atoms with Crippen LogP contribution in [-0.2, 0) is 11.1 Å². The molecule has 1 aromatic carbocycles. The summed E-state index contributed by atoms with van der Waals surface area (Å²) >= 11 is 0. The highest BCUT2D eigenvalue weighted by atomic mass is 31.2. The van der Waals surface area contributed by atoms with Crippen LogP contribution in [0.5, 0.6) is 0 Å². The lowest BCUT2D eigenvalue weighted by Crippen LogP contribution is -2.19. The Labute approximate surface area is 169 Å². The van der Waals surface area contributed by atoms with Crippen LogP contribution in [0.3, 0.4) is 0 Å². The van der Waals surface area contributed by atoms with Crippen molar-refractivity contribution in [1.82, 2.24) is 14.5 Å². The van der Waals surface area contributed by atoms with Gasteiger partial charge in [0.25, 0.3) is 5.91 Å². The monoisotopic (exact) mass is 416 g/mol. The van der Waals surface area contributed by atoms with Gasteiger partial charge in [-0.25, -0.2) is 9.97 Å². The number of imidazole rings is 1. The lowest BCUT2D eigenvalue weighted by Gasteiger charge is -2.24. The van der Waals surface area contributed by atoms with Gasteiger partial charge >= 0.3 is 7.60 Å². The van der Waals surface area contributed by atoms with E-state index in [4.69, 9.17) is 5.73 Å². The molecule has 0 spiro atoms. The number of nitrogens with two attached hydrogens (primary N) is 1. The van der Waals surface area contributed by atoms with Crippen molar-refractivity contribution in [2.45, 2.75) is 46.1 Å². The van der Waals surface area contributed by atoms with Gasteiger partial charge in [0.2, 0.25) is 0 Å². The fraction of sp³-hybridized carbons (Fsp3) is 0.350. The molecule has 0 bridgehead atoms. The maximum absolute atomic E-state index is 12.1. The van der Waals surface area contributed by atoms with Gasteiger partial charge in [0, 0.05) is 6.54 Å². The predicted molar refractivity (Wildman–Crippen MR) is 111 cm³/mol. The van der Waals surface area contributed by atoms with Gasteiger partial charge in [-0.3, -0.25) is 9.36 Å². The van der Waals surface area contributed by atoms with Crippen molar-refractivity contribution >= 4 is 30.0 Å². The normalized spacial score (nSPS) is 12.3. The number of carbonyl (C=O) groups is 1. The molecule has 9 heteroatoms. The first-order valence-corrected chi connectivity index (χ1v) is 11.0. The summed E-state index contributed by atoms with van der Waals surface area (Å²) in [6.45, 7) is 8.36. The van der Waals surface area contributed by atoms with Crippen molar-refractivity contribution in [1.29, 1.82) is 0 Å². The van der Waals surface area contributed by atoms with Gasteiger partial charge in [-0.15, -0.1) is 0 Å². The van der Waals surface area contributed by atoms with Crippen molar-refractivity contribution in [3.8, 4) is 0 Å². The van der Waals surface area contributed by atoms with Crippen LogP contribution in [0.25, 0.3) is 11.2 Å². The van der Waals surface area contributed by atoms with E-state index in [0.29, 0.717) is 17.8 Å². The topological polar surface area (TPSA) is 131 Å². The Bertz CT molecular complexity index is 1130. The van der Waals surface area contributed by atoms with Gasteiger partial charge in [0.1, 0.15) is 5.69 Å².